The average molecular weight is 467 g/mol. The first-order valence-electron chi connectivity index (χ1n) is 10.8. The lowest BCUT2D eigenvalue weighted by Gasteiger charge is -2.22. The number of nitrogens with one attached hydrogen (secondary N) is 1. The molecule has 33 heavy (non-hydrogen) atoms. The molecule has 0 aliphatic heterocycles. The van der Waals surface area contributed by atoms with Crippen LogP contribution >= 0.6 is 0 Å². The Labute approximate surface area is 196 Å². The molecule has 0 aliphatic carbocycles. The fraction of sp³-hybridized carbons (Fsp3) is 0.269. The van der Waals surface area contributed by atoms with Crippen molar-refractivity contribution in [2.45, 2.75) is 31.7 Å². The van der Waals surface area contributed by atoms with Crippen LogP contribution < -0.4 is 10.1 Å². The molecule has 0 saturated heterocycles. The third kappa shape index (κ3) is 6.66. The number of benzene rings is 3. The minimum Gasteiger partial charge on any atom is -0.496 e. The van der Waals surface area contributed by atoms with Crippen LogP contribution in [0.3, 0.4) is 0 Å². The Hall–Kier alpha value is -3.16. The van der Waals surface area contributed by atoms with Gasteiger partial charge in [-0.1, -0.05) is 60.2 Å². The van der Waals surface area contributed by atoms with Crippen molar-refractivity contribution >= 4 is 15.9 Å². The number of aryl methyl sites for hydroxylation is 2. The summed E-state index contributed by atoms with van der Waals surface area (Å²) in [5, 5.41) is 2.84. The second-order valence-electron chi connectivity index (χ2n) is 7.97. The Morgan fingerprint density at radius 3 is 2.33 bits per heavy atom. The van der Waals surface area contributed by atoms with E-state index in [0.717, 1.165) is 16.7 Å². The fourth-order valence-corrected chi connectivity index (χ4v) is 5.06. The van der Waals surface area contributed by atoms with Gasteiger partial charge in [-0.3, -0.25) is 4.79 Å². The fourth-order valence-electron chi connectivity index (χ4n) is 3.58. The molecule has 0 atom stereocenters. The smallest absolute Gasteiger partial charge is 0.243 e. The molecule has 3 rings (SSSR count). The van der Waals surface area contributed by atoms with Crippen molar-refractivity contribution in [3.05, 3.63) is 95.1 Å². The summed E-state index contributed by atoms with van der Waals surface area (Å²) in [6, 6.07) is 22.2. The number of methoxy groups -OCH3 is 1. The molecular formula is C26H30N2O4S. The molecule has 0 unspecified atom stereocenters. The summed E-state index contributed by atoms with van der Waals surface area (Å²) in [5.74, 6) is 0.263. The van der Waals surface area contributed by atoms with Crippen LogP contribution in [0, 0.1) is 13.8 Å². The van der Waals surface area contributed by atoms with Gasteiger partial charge in [0.2, 0.25) is 15.9 Å². The van der Waals surface area contributed by atoms with Gasteiger partial charge in [-0.25, -0.2) is 8.42 Å². The van der Waals surface area contributed by atoms with Crippen LogP contribution in [-0.2, 0) is 27.8 Å². The van der Waals surface area contributed by atoms with Gasteiger partial charge in [0.25, 0.3) is 0 Å². The molecule has 174 valence electrons. The van der Waals surface area contributed by atoms with Crippen molar-refractivity contribution in [3.63, 3.8) is 0 Å². The Morgan fingerprint density at radius 2 is 1.67 bits per heavy atom. The minimum absolute atomic E-state index is 0.139. The van der Waals surface area contributed by atoms with Gasteiger partial charge in [-0.15, -0.1) is 0 Å². The van der Waals surface area contributed by atoms with Gasteiger partial charge in [0.05, 0.1) is 18.6 Å². The average Bonchev–Trinajstić information content (AvgIpc) is 2.81. The third-order valence-corrected chi connectivity index (χ3v) is 7.23. The van der Waals surface area contributed by atoms with Gasteiger partial charge in [0.15, 0.2) is 0 Å². The molecule has 1 amide bonds. The minimum atomic E-state index is -3.89. The summed E-state index contributed by atoms with van der Waals surface area (Å²) < 4.78 is 33.4. The molecular weight excluding hydrogens is 436 g/mol. The molecule has 3 aromatic carbocycles. The lowest BCUT2D eigenvalue weighted by molar-refractivity contribution is -0.121. The number of nitrogens with zero attached hydrogens (tertiary/aromatic N) is 1. The molecule has 0 fully saturated rings. The number of carbonyl (C=O) groups is 1. The first kappa shape index (κ1) is 24.5. The molecule has 0 heterocycles. The molecule has 0 radical (unpaired) electrons. The highest BCUT2D eigenvalue weighted by atomic mass is 32.2. The quantitative estimate of drug-likeness (QED) is 0.492. The predicted octanol–water partition coefficient (Wildman–Crippen LogP) is 3.86. The highest BCUT2D eigenvalue weighted by Gasteiger charge is 2.27. The Bertz CT molecular complexity index is 1190. The van der Waals surface area contributed by atoms with E-state index in [-0.39, 0.29) is 23.9 Å². The van der Waals surface area contributed by atoms with Crippen LogP contribution in [0.25, 0.3) is 0 Å². The monoisotopic (exact) mass is 466 g/mol. The van der Waals surface area contributed by atoms with E-state index in [9.17, 15) is 13.2 Å². The molecule has 6 nitrogen and oxygen atoms in total. The molecule has 0 spiro atoms. The number of hydrogen-bond acceptors (Lipinski definition) is 4. The van der Waals surface area contributed by atoms with E-state index in [1.807, 2.05) is 61.5 Å². The van der Waals surface area contributed by atoms with Gasteiger partial charge in [-0.2, -0.15) is 4.31 Å². The molecule has 0 aliphatic rings. The number of ether oxygens (including phenoxy) is 1. The van der Waals surface area contributed by atoms with Crippen LogP contribution in [0.2, 0.25) is 0 Å². The van der Waals surface area contributed by atoms with Crippen molar-refractivity contribution in [1.82, 2.24) is 9.62 Å². The van der Waals surface area contributed by atoms with Gasteiger partial charge in [0, 0.05) is 13.1 Å². The van der Waals surface area contributed by atoms with E-state index >= 15 is 0 Å². The van der Waals surface area contributed by atoms with Crippen LogP contribution in [0.5, 0.6) is 5.75 Å². The second kappa shape index (κ2) is 11.1. The highest BCUT2D eigenvalue weighted by Crippen LogP contribution is 2.24. The summed E-state index contributed by atoms with van der Waals surface area (Å²) in [4.78, 5) is 12.9. The summed E-state index contributed by atoms with van der Waals surface area (Å²) in [6.45, 7) is 4.05. The van der Waals surface area contributed by atoms with E-state index in [1.54, 1.807) is 26.2 Å². The number of hydrogen-bond donors (Lipinski definition) is 1. The number of amides is 1. The zero-order valence-electron chi connectivity index (χ0n) is 19.2. The molecule has 3 aromatic rings. The molecule has 1 N–H and O–H groups in total. The Kier molecular flexibility index (Phi) is 8.25. The van der Waals surface area contributed by atoms with Crippen LogP contribution in [0.15, 0.2) is 77.7 Å². The zero-order chi connectivity index (χ0) is 23.8. The van der Waals surface area contributed by atoms with Gasteiger partial charge in [-0.05, 0) is 55.2 Å². The van der Waals surface area contributed by atoms with E-state index in [1.165, 1.54) is 10.4 Å². The lowest BCUT2D eigenvalue weighted by Crippen LogP contribution is -2.41. The molecule has 0 aromatic heterocycles. The van der Waals surface area contributed by atoms with Crippen LogP contribution in [0.4, 0.5) is 0 Å². The van der Waals surface area contributed by atoms with Crippen molar-refractivity contribution in [3.8, 4) is 5.75 Å². The van der Waals surface area contributed by atoms with Gasteiger partial charge >= 0.3 is 0 Å². The van der Waals surface area contributed by atoms with E-state index < -0.39 is 10.0 Å². The van der Waals surface area contributed by atoms with E-state index in [0.29, 0.717) is 24.3 Å². The largest absolute Gasteiger partial charge is 0.496 e. The van der Waals surface area contributed by atoms with Crippen LogP contribution in [0.1, 0.15) is 22.3 Å². The third-order valence-electron chi connectivity index (χ3n) is 5.39. The van der Waals surface area contributed by atoms with E-state index in [2.05, 4.69) is 5.32 Å². The lowest BCUT2D eigenvalue weighted by atomic mass is 10.1. The maximum absolute atomic E-state index is 13.5. The number of carbonyl (C=O) groups excluding carboxylic acids is 1. The number of rotatable bonds is 10. The van der Waals surface area contributed by atoms with Gasteiger partial charge in [0.1, 0.15) is 5.75 Å². The van der Waals surface area contributed by atoms with Crippen molar-refractivity contribution < 1.29 is 17.9 Å². The molecule has 0 bridgehead atoms. The van der Waals surface area contributed by atoms with Crippen LogP contribution in [-0.4, -0.2) is 38.8 Å². The second-order valence-corrected chi connectivity index (χ2v) is 9.91. The highest BCUT2D eigenvalue weighted by molar-refractivity contribution is 7.89. The SMILES string of the molecule is COc1ccc(S(=O)(=O)N(CCc2ccccc2)CC(=O)NCc2cccc(C)c2)cc1C. The van der Waals surface area contributed by atoms with E-state index in [4.69, 9.17) is 4.74 Å². The maximum Gasteiger partial charge on any atom is 0.243 e. The predicted molar refractivity (Wildman–Crippen MR) is 130 cm³/mol. The first-order chi connectivity index (χ1) is 15.8. The first-order valence-corrected chi connectivity index (χ1v) is 12.2. The summed E-state index contributed by atoms with van der Waals surface area (Å²) in [5.41, 5.74) is 3.78. The molecule has 7 heteroatoms. The van der Waals surface area contributed by atoms with Crippen molar-refractivity contribution in [1.29, 1.82) is 0 Å². The topological polar surface area (TPSA) is 75.7 Å². The Morgan fingerprint density at radius 1 is 0.939 bits per heavy atom. The van der Waals surface area contributed by atoms with Gasteiger partial charge < -0.3 is 10.1 Å². The zero-order valence-corrected chi connectivity index (χ0v) is 20.1. The summed E-state index contributed by atoms with van der Waals surface area (Å²) in [7, 11) is -2.34. The normalized spacial score (nSPS) is 11.4. The number of sulfonamides is 1. The van der Waals surface area contributed by atoms with Crippen molar-refractivity contribution in [2.24, 2.45) is 0 Å². The summed E-state index contributed by atoms with van der Waals surface area (Å²) >= 11 is 0. The molecule has 0 saturated carbocycles. The standard InChI is InChI=1S/C26H30N2O4S/c1-20-8-7-11-23(16-20)18-27-26(29)19-28(15-14-22-9-5-4-6-10-22)33(30,31)24-12-13-25(32-3)21(2)17-24/h4-13,16-17H,14-15,18-19H2,1-3H3,(H,27,29). The van der Waals surface area contributed by atoms with Crippen molar-refractivity contribution in [2.75, 3.05) is 20.2 Å². The summed E-state index contributed by atoms with van der Waals surface area (Å²) in [6.07, 6.45) is 0.500. The Balaban J connectivity index is 1.78. The maximum atomic E-state index is 13.5.